The van der Waals surface area contributed by atoms with E-state index in [-0.39, 0.29) is 5.91 Å². The predicted octanol–water partition coefficient (Wildman–Crippen LogP) is 5.26. The van der Waals surface area contributed by atoms with Gasteiger partial charge in [0.2, 0.25) is 5.91 Å². The number of aryl methyl sites for hydroxylation is 2. The van der Waals surface area contributed by atoms with Crippen molar-refractivity contribution in [3.63, 3.8) is 0 Å². The number of rotatable bonds is 3. The van der Waals surface area contributed by atoms with E-state index in [1.54, 1.807) is 24.3 Å². The number of nitrogens with one attached hydrogen (secondary N) is 1. The molecule has 2 rings (SSSR count). The topological polar surface area (TPSA) is 29.1 Å². The number of carbonyl (C=O) groups excluding carboxylic acids is 1. The van der Waals surface area contributed by atoms with Gasteiger partial charge >= 0.3 is 0 Å². The molecule has 0 aliphatic rings. The number of amides is 1. The molecular formula is C17H15Cl2NO. The molecule has 0 atom stereocenters. The molecule has 0 saturated heterocycles. The van der Waals surface area contributed by atoms with Crippen LogP contribution in [0.3, 0.4) is 0 Å². The molecule has 0 saturated carbocycles. The van der Waals surface area contributed by atoms with Crippen LogP contribution in [0.25, 0.3) is 6.08 Å². The second kappa shape index (κ2) is 6.79. The van der Waals surface area contributed by atoms with Crippen molar-refractivity contribution in [2.75, 3.05) is 5.32 Å². The summed E-state index contributed by atoms with van der Waals surface area (Å²) in [5, 5.41) is 3.84. The summed E-state index contributed by atoms with van der Waals surface area (Å²) in [6.07, 6.45) is 3.04. The van der Waals surface area contributed by atoms with Crippen LogP contribution in [0, 0.1) is 13.8 Å². The molecule has 0 heterocycles. The maximum absolute atomic E-state index is 11.9. The van der Waals surface area contributed by atoms with Crippen molar-refractivity contribution in [3.05, 3.63) is 69.2 Å². The van der Waals surface area contributed by atoms with Crippen LogP contribution in [-0.2, 0) is 4.79 Å². The lowest BCUT2D eigenvalue weighted by atomic mass is 10.1. The fourth-order valence-corrected chi connectivity index (χ4v) is 2.58. The minimum Gasteiger partial charge on any atom is -0.322 e. The van der Waals surface area contributed by atoms with Gasteiger partial charge in [-0.3, -0.25) is 4.79 Å². The molecule has 0 aromatic heterocycles. The highest BCUT2D eigenvalue weighted by Crippen LogP contribution is 2.25. The Morgan fingerprint density at radius 3 is 2.19 bits per heavy atom. The van der Waals surface area contributed by atoms with Gasteiger partial charge in [-0.1, -0.05) is 35.3 Å². The summed E-state index contributed by atoms with van der Waals surface area (Å²) in [6.45, 7) is 3.98. The lowest BCUT2D eigenvalue weighted by molar-refractivity contribution is -0.111. The third-order valence-electron chi connectivity index (χ3n) is 2.89. The van der Waals surface area contributed by atoms with E-state index < -0.39 is 0 Å². The number of carbonyl (C=O) groups is 1. The van der Waals surface area contributed by atoms with Gasteiger partial charge in [0, 0.05) is 27.4 Å². The highest BCUT2D eigenvalue weighted by atomic mass is 35.5. The Morgan fingerprint density at radius 1 is 1.05 bits per heavy atom. The maximum Gasteiger partial charge on any atom is 0.248 e. The second-order valence-electron chi connectivity index (χ2n) is 4.83. The van der Waals surface area contributed by atoms with Crippen LogP contribution in [0.5, 0.6) is 0 Å². The minimum atomic E-state index is -0.226. The van der Waals surface area contributed by atoms with Crippen LogP contribution in [-0.4, -0.2) is 5.91 Å². The zero-order chi connectivity index (χ0) is 15.4. The molecule has 0 fully saturated rings. The van der Waals surface area contributed by atoms with E-state index in [0.717, 1.165) is 16.8 Å². The number of halogens is 2. The number of anilines is 1. The standard InChI is InChI=1S/C17H15Cl2NO/c1-11-8-12(2)10-13(9-11)20-17(21)7-6-14-15(18)4-3-5-16(14)19/h3-10H,1-2H3,(H,20,21). The Bertz CT molecular complexity index is 667. The summed E-state index contributed by atoms with van der Waals surface area (Å²) >= 11 is 12.1. The number of benzene rings is 2. The van der Waals surface area contributed by atoms with Crippen LogP contribution in [0.2, 0.25) is 10.0 Å². The third kappa shape index (κ3) is 4.35. The normalized spacial score (nSPS) is 10.9. The highest BCUT2D eigenvalue weighted by Gasteiger charge is 2.03. The van der Waals surface area contributed by atoms with E-state index in [0.29, 0.717) is 15.6 Å². The van der Waals surface area contributed by atoms with Gasteiger partial charge in [-0.05, 0) is 55.3 Å². The van der Waals surface area contributed by atoms with Crippen molar-refractivity contribution in [1.82, 2.24) is 0 Å². The minimum absolute atomic E-state index is 0.226. The zero-order valence-electron chi connectivity index (χ0n) is 11.8. The van der Waals surface area contributed by atoms with E-state index in [1.165, 1.54) is 6.08 Å². The van der Waals surface area contributed by atoms with Crippen LogP contribution in [0.4, 0.5) is 5.69 Å². The Kier molecular flexibility index (Phi) is 5.05. The lowest BCUT2D eigenvalue weighted by Gasteiger charge is -2.05. The van der Waals surface area contributed by atoms with Crippen LogP contribution in [0.1, 0.15) is 16.7 Å². The SMILES string of the molecule is Cc1cc(C)cc(NC(=O)C=Cc2c(Cl)cccc2Cl)c1. The average molecular weight is 320 g/mol. The first kappa shape index (κ1) is 15.6. The summed E-state index contributed by atoms with van der Waals surface area (Å²) in [7, 11) is 0. The summed E-state index contributed by atoms with van der Waals surface area (Å²) < 4.78 is 0. The highest BCUT2D eigenvalue weighted by molar-refractivity contribution is 6.37. The predicted molar refractivity (Wildman–Crippen MR) is 90.0 cm³/mol. The van der Waals surface area contributed by atoms with E-state index >= 15 is 0 Å². The van der Waals surface area contributed by atoms with Gasteiger partial charge in [0.05, 0.1) is 0 Å². The van der Waals surface area contributed by atoms with E-state index in [2.05, 4.69) is 11.4 Å². The first-order valence-electron chi connectivity index (χ1n) is 6.47. The molecule has 0 spiro atoms. The lowest BCUT2D eigenvalue weighted by Crippen LogP contribution is -2.08. The van der Waals surface area contributed by atoms with E-state index in [4.69, 9.17) is 23.2 Å². The Hall–Kier alpha value is -1.77. The van der Waals surface area contributed by atoms with Gasteiger partial charge in [0.1, 0.15) is 0 Å². The van der Waals surface area contributed by atoms with Gasteiger partial charge in [-0.25, -0.2) is 0 Å². The fraction of sp³-hybridized carbons (Fsp3) is 0.118. The van der Waals surface area contributed by atoms with Crippen molar-refractivity contribution in [2.24, 2.45) is 0 Å². The molecule has 0 aliphatic heterocycles. The molecule has 0 radical (unpaired) electrons. The van der Waals surface area contributed by atoms with E-state index in [9.17, 15) is 4.79 Å². The second-order valence-corrected chi connectivity index (χ2v) is 5.65. The summed E-state index contributed by atoms with van der Waals surface area (Å²) in [5.41, 5.74) is 3.61. The molecule has 2 aromatic carbocycles. The summed E-state index contributed by atoms with van der Waals surface area (Å²) in [4.78, 5) is 11.9. The molecular weight excluding hydrogens is 305 g/mol. The van der Waals surface area contributed by atoms with Gasteiger partial charge in [-0.2, -0.15) is 0 Å². The molecule has 0 aliphatic carbocycles. The van der Waals surface area contributed by atoms with Gasteiger partial charge < -0.3 is 5.32 Å². The Labute approximate surface area is 134 Å². The van der Waals surface area contributed by atoms with E-state index in [1.807, 2.05) is 26.0 Å². The molecule has 21 heavy (non-hydrogen) atoms. The zero-order valence-corrected chi connectivity index (χ0v) is 13.3. The number of hydrogen-bond acceptors (Lipinski definition) is 1. The monoisotopic (exact) mass is 319 g/mol. The average Bonchev–Trinajstić information content (AvgIpc) is 2.36. The molecule has 0 bridgehead atoms. The maximum atomic E-state index is 11.9. The third-order valence-corrected chi connectivity index (χ3v) is 3.55. The van der Waals surface area contributed by atoms with Crippen LogP contribution in [0.15, 0.2) is 42.5 Å². The Balaban J connectivity index is 2.13. The molecule has 108 valence electrons. The first-order valence-corrected chi connectivity index (χ1v) is 7.22. The van der Waals surface area contributed by atoms with Crippen molar-refractivity contribution in [1.29, 1.82) is 0 Å². The molecule has 0 unspecified atom stereocenters. The van der Waals surface area contributed by atoms with Gasteiger partial charge in [0.15, 0.2) is 0 Å². The quantitative estimate of drug-likeness (QED) is 0.768. The molecule has 4 heteroatoms. The molecule has 1 N–H and O–H groups in total. The van der Waals surface area contributed by atoms with Crippen molar-refractivity contribution in [2.45, 2.75) is 13.8 Å². The molecule has 1 amide bonds. The van der Waals surface area contributed by atoms with Gasteiger partial charge in [0.25, 0.3) is 0 Å². The molecule has 2 aromatic rings. The van der Waals surface area contributed by atoms with Crippen LogP contribution >= 0.6 is 23.2 Å². The van der Waals surface area contributed by atoms with Crippen molar-refractivity contribution in [3.8, 4) is 0 Å². The number of hydrogen-bond donors (Lipinski definition) is 1. The van der Waals surface area contributed by atoms with Crippen LogP contribution < -0.4 is 5.32 Å². The van der Waals surface area contributed by atoms with Gasteiger partial charge in [-0.15, -0.1) is 0 Å². The summed E-state index contributed by atoms with van der Waals surface area (Å²) in [6, 6.07) is 11.1. The fourth-order valence-electron chi connectivity index (χ4n) is 2.06. The first-order chi connectivity index (χ1) is 9.95. The largest absolute Gasteiger partial charge is 0.322 e. The smallest absolute Gasteiger partial charge is 0.248 e. The Morgan fingerprint density at radius 2 is 1.62 bits per heavy atom. The van der Waals surface area contributed by atoms with Crippen molar-refractivity contribution >= 4 is 40.9 Å². The summed E-state index contributed by atoms with van der Waals surface area (Å²) in [5.74, 6) is -0.226. The van der Waals surface area contributed by atoms with Crippen molar-refractivity contribution < 1.29 is 4.79 Å². The molecule has 2 nitrogen and oxygen atoms in total.